The number of aliphatic imine (C=N–C) groups is 1. The van der Waals surface area contributed by atoms with Gasteiger partial charge in [0.1, 0.15) is 16.4 Å². The molecule has 2 aromatic carbocycles. The summed E-state index contributed by atoms with van der Waals surface area (Å²) in [4.78, 5) is 21.3. The van der Waals surface area contributed by atoms with E-state index in [2.05, 4.69) is 26.0 Å². The molecule has 0 N–H and O–H groups in total. The Morgan fingerprint density at radius 3 is 2.34 bits per heavy atom. The minimum Gasteiger partial charge on any atom is -0.271 e. The Morgan fingerprint density at radius 1 is 0.966 bits per heavy atom. The third kappa shape index (κ3) is 3.66. The van der Waals surface area contributed by atoms with Gasteiger partial charge in [0.05, 0.1) is 0 Å². The van der Waals surface area contributed by atoms with Gasteiger partial charge in [0.2, 0.25) is 0 Å². The van der Waals surface area contributed by atoms with Crippen LogP contribution in [0.4, 0.5) is 0 Å². The number of carbonyl (C=O) groups excluding carboxylic acids is 1. The van der Waals surface area contributed by atoms with Crippen molar-refractivity contribution in [3.8, 4) is 0 Å². The van der Waals surface area contributed by atoms with Crippen molar-refractivity contribution >= 4 is 28.8 Å². The number of nitrogens with zero attached hydrogens (tertiary/aromatic N) is 2. The molecule has 0 aromatic heterocycles. The van der Waals surface area contributed by atoms with E-state index in [0.29, 0.717) is 10.6 Å². The molecule has 0 radical (unpaired) electrons. The molecule has 4 heteroatoms. The first-order chi connectivity index (χ1) is 13.9. The fraction of sp³-hybridized carbons (Fsp3) is 0.400. The third-order valence-corrected chi connectivity index (χ3v) is 6.67. The number of hydrogen-bond donors (Lipinski definition) is 0. The van der Waals surface area contributed by atoms with Gasteiger partial charge in [0.15, 0.2) is 0 Å². The molecule has 2 aliphatic rings. The lowest BCUT2D eigenvalue weighted by Gasteiger charge is -2.35. The zero-order chi connectivity index (χ0) is 20.6. The highest BCUT2D eigenvalue weighted by Gasteiger charge is 2.48. The number of amides is 1. The van der Waals surface area contributed by atoms with Crippen LogP contribution in [-0.2, 0) is 0 Å². The molecule has 2 aromatic rings. The maximum atomic E-state index is 13.7. The van der Waals surface area contributed by atoms with Crippen LogP contribution in [0.2, 0.25) is 0 Å². The predicted molar refractivity (Wildman–Crippen MR) is 123 cm³/mol. The van der Waals surface area contributed by atoms with E-state index >= 15 is 0 Å². The molecule has 1 aliphatic heterocycles. The fourth-order valence-electron chi connectivity index (χ4n) is 4.50. The number of rotatable bonds is 2. The van der Waals surface area contributed by atoms with Gasteiger partial charge in [-0.05, 0) is 75.8 Å². The van der Waals surface area contributed by atoms with Crippen LogP contribution in [-0.4, -0.2) is 27.2 Å². The van der Waals surface area contributed by atoms with Crippen LogP contribution in [0.1, 0.15) is 71.1 Å². The summed E-state index contributed by atoms with van der Waals surface area (Å²) in [5.41, 5.74) is 5.43. The van der Waals surface area contributed by atoms with Crippen LogP contribution in [0.25, 0.3) is 0 Å². The van der Waals surface area contributed by atoms with E-state index in [9.17, 15) is 4.79 Å². The third-order valence-electron chi connectivity index (χ3n) is 6.29. The predicted octanol–water partition coefficient (Wildman–Crippen LogP) is 5.93. The van der Waals surface area contributed by atoms with Crippen LogP contribution in [0.3, 0.4) is 0 Å². The van der Waals surface area contributed by atoms with Crippen LogP contribution in [0.15, 0.2) is 47.5 Å². The molecule has 1 aliphatic carbocycles. The summed E-state index contributed by atoms with van der Waals surface area (Å²) < 4.78 is 0. The average molecular weight is 405 g/mol. The quantitative estimate of drug-likeness (QED) is 0.581. The van der Waals surface area contributed by atoms with E-state index < -0.39 is 5.66 Å². The first-order valence-corrected chi connectivity index (χ1v) is 11.0. The van der Waals surface area contributed by atoms with Gasteiger partial charge in [-0.15, -0.1) is 0 Å². The Kier molecular flexibility index (Phi) is 5.39. The SMILES string of the molecule is Cc1cccc(C2=NC3(CCCCCC3)N(C(=O)c3ccc(C)c(C)c3)C2=S)c1. The molecule has 150 valence electrons. The second kappa shape index (κ2) is 7.83. The van der Waals surface area contributed by atoms with Crippen molar-refractivity contribution < 1.29 is 4.79 Å². The maximum Gasteiger partial charge on any atom is 0.260 e. The summed E-state index contributed by atoms with van der Waals surface area (Å²) in [7, 11) is 0. The molecule has 0 atom stereocenters. The van der Waals surface area contributed by atoms with Crippen molar-refractivity contribution in [2.45, 2.75) is 65.0 Å². The van der Waals surface area contributed by atoms with E-state index in [-0.39, 0.29) is 5.91 Å². The highest BCUT2D eigenvalue weighted by atomic mass is 32.1. The number of hydrogen-bond acceptors (Lipinski definition) is 3. The molecule has 0 saturated heterocycles. The van der Waals surface area contributed by atoms with Crippen molar-refractivity contribution in [3.05, 3.63) is 70.3 Å². The normalized spacial score (nSPS) is 18.7. The van der Waals surface area contributed by atoms with Crippen LogP contribution < -0.4 is 0 Å². The highest BCUT2D eigenvalue weighted by Crippen LogP contribution is 2.40. The highest BCUT2D eigenvalue weighted by molar-refractivity contribution is 7.82. The lowest BCUT2D eigenvalue weighted by molar-refractivity contribution is 0.0691. The zero-order valence-electron chi connectivity index (χ0n) is 17.5. The Bertz CT molecular complexity index is 1000. The Balaban J connectivity index is 1.79. The van der Waals surface area contributed by atoms with Crippen LogP contribution in [0, 0.1) is 20.8 Å². The van der Waals surface area contributed by atoms with Crippen LogP contribution in [0.5, 0.6) is 0 Å². The molecule has 0 bridgehead atoms. The molecule has 1 fully saturated rings. The monoisotopic (exact) mass is 404 g/mol. The lowest BCUT2D eigenvalue weighted by atomic mass is 9.98. The molecule has 29 heavy (non-hydrogen) atoms. The van der Waals surface area contributed by atoms with Crippen molar-refractivity contribution in [1.29, 1.82) is 0 Å². The van der Waals surface area contributed by atoms with Crippen LogP contribution >= 0.6 is 12.2 Å². The van der Waals surface area contributed by atoms with Gasteiger partial charge in [0, 0.05) is 11.1 Å². The smallest absolute Gasteiger partial charge is 0.260 e. The van der Waals surface area contributed by atoms with Gasteiger partial charge >= 0.3 is 0 Å². The molecule has 1 spiro atoms. The van der Waals surface area contributed by atoms with E-state index in [1.165, 1.54) is 24.0 Å². The molecule has 4 rings (SSSR count). The van der Waals surface area contributed by atoms with Crippen molar-refractivity contribution in [2.24, 2.45) is 4.99 Å². The molecular formula is C25H28N2OS. The summed E-state index contributed by atoms with van der Waals surface area (Å²) in [5, 5.41) is 0. The van der Waals surface area contributed by atoms with Crippen molar-refractivity contribution in [1.82, 2.24) is 4.90 Å². The van der Waals surface area contributed by atoms with E-state index in [1.54, 1.807) is 0 Å². The molecule has 1 heterocycles. The van der Waals surface area contributed by atoms with Gasteiger partial charge in [-0.3, -0.25) is 14.7 Å². The largest absolute Gasteiger partial charge is 0.271 e. The first-order valence-electron chi connectivity index (χ1n) is 10.5. The topological polar surface area (TPSA) is 32.7 Å². The van der Waals surface area contributed by atoms with Gasteiger partial charge in [-0.25, -0.2) is 0 Å². The van der Waals surface area contributed by atoms with E-state index in [4.69, 9.17) is 17.2 Å². The molecule has 3 nitrogen and oxygen atoms in total. The van der Waals surface area contributed by atoms with E-state index in [0.717, 1.165) is 42.5 Å². The number of thiocarbonyl (C=S) groups is 1. The summed E-state index contributed by atoms with van der Waals surface area (Å²) in [6.45, 7) is 6.18. The molecule has 1 saturated carbocycles. The fourth-order valence-corrected chi connectivity index (χ4v) is 4.91. The second-order valence-electron chi connectivity index (χ2n) is 8.47. The Labute approximate surface area is 178 Å². The van der Waals surface area contributed by atoms with Gasteiger partial charge in [-0.1, -0.05) is 54.9 Å². The second-order valence-corrected chi connectivity index (χ2v) is 8.86. The lowest BCUT2D eigenvalue weighted by Crippen LogP contribution is -2.49. The maximum absolute atomic E-state index is 13.7. The van der Waals surface area contributed by atoms with Crippen molar-refractivity contribution in [3.63, 3.8) is 0 Å². The van der Waals surface area contributed by atoms with Crippen molar-refractivity contribution in [2.75, 3.05) is 0 Å². The summed E-state index contributed by atoms with van der Waals surface area (Å²) in [6.07, 6.45) is 6.27. The number of aryl methyl sites for hydroxylation is 3. The Hall–Kier alpha value is -2.33. The van der Waals surface area contributed by atoms with Gasteiger partial charge in [-0.2, -0.15) is 0 Å². The van der Waals surface area contributed by atoms with Gasteiger partial charge in [0.25, 0.3) is 5.91 Å². The molecular weight excluding hydrogens is 376 g/mol. The van der Waals surface area contributed by atoms with Gasteiger partial charge < -0.3 is 0 Å². The minimum absolute atomic E-state index is 0.0218. The first kappa shape index (κ1) is 20.0. The summed E-state index contributed by atoms with van der Waals surface area (Å²) in [6, 6.07) is 14.2. The summed E-state index contributed by atoms with van der Waals surface area (Å²) in [5.74, 6) is -0.0218. The van der Waals surface area contributed by atoms with E-state index in [1.807, 2.05) is 42.2 Å². The molecule has 1 amide bonds. The zero-order valence-corrected chi connectivity index (χ0v) is 18.3. The Morgan fingerprint density at radius 2 is 1.69 bits per heavy atom. The average Bonchev–Trinajstić information content (AvgIpc) is 2.82. The minimum atomic E-state index is -0.539. The number of benzene rings is 2. The standard InChI is InChI=1S/C25H28N2OS/c1-17-9-8-10-20(15-17)22-24(29)27(25(26-22)13-6-4-5-7-14-25)23(28)21-12-11-18(2)19(3)16-21/h8-12,15-16H,4-7,13-14H2,1-3H3. The summed E-state index contributed by atoms with van der Waals surface area (Å²) >= 11 is 5.89. The number of carbonyl (C=O) groups is 1. The molecule has 0 unspecified atom stereocenters.